The second kappa shape index (κ2) is 5.73. The topological polar surface area (TPSA) is 26.3 Å². The maximum absolute atomic E-state index is 13.1. The number of alkyl halides is 3. The Morgan fingerprint density at radius 3 is 2.24 bits per heavy atom. The van der Waals surface area contributed by atoms with Gasteiger partial charge in [0.25, 0.3) is 0 Å². The summed E-state index contributed by atoms with van der Waals surface area (Å²) in [5.74, 6) is -1.69. The molecule has 0 bridgehead atoms. The van der Waals surface area contributed by atoms with E-state index < -0.39 is 23.7 Å². The third kappa shape index (κ3) is 3.95. The number of ketones is 1. The molecular formula is C14H7ClF4O2. The van der Waals surface area contributed by atoms with Crippen molar-refractivity contribution < 1.29 is 27.1 Å². The van der Waals surface area contributed by atoms with Crippen LogP contribution >= 0.6 is 11.6 Å². The van der Waals surface area contributed by atoms with Gasteiger partial charge in [0, 0.05) is 11.1 Å². The summed E-state index contributed by atoms with van der Waals surface area (Å²) < 4.78 is 52.8. The Morgan fingerprint density at radius 1 is 1.05 bits per heavy atom. The Bertz CT molecular complexity index is 666. The first-order valence-corrected chi connectivity index (χ1v) is 5.99. The SMILES string of the molecule is O=C(c1ccc(OC(F)(F)F)cc1)c1cc(F)ccc1Cl. The number of benzene rings is 2. The maximum Gasteiger partial charge on any atom is 0.573 e. The van der Waals surface area contributed by atoms with Gasteiger partial charge in [0.05, 0.1) is 5.02 Å². The van der Waals surface area contributed by atoms with Gasteiger partial charge in [0.1, 0.15) is 11.6 Å². The molecule has 0 amide bonds. The van der Waals surface area contributed by atoms with E-state index in [-0.39, 0.29) is 16.1 Å². The van der Waals surface area contributed by atoms with Gasteiger partial charge in [0.2, 0.25) is 0 Å². The van der Waals surface area contributed by atoms with Gasteiger partial charge in [-0.3, -0.25) is 4.79 Å². The summed E-state index contributed by atoms with van der Waals surface area (Å²) in [6.45, 7) is 0. The van der Waals surface area contributed by atoms with Crippen molar-refractivity contribution in [2.45, 2.75) is 6.36 Å². The van der Waals surface area contributed by atoms with E-state index in [4.69, 9.17) is 11.6 Å². The number of ether oxygens (including phenoxy) is 1. The van der Waals surface area contributed by atoms with E-state index >= 15 is 0 Å². The van der Waals surface area contributed by atoms with Gasteiger partial charge in [-0.1, -0.05) is 11.6 Å². The molecule has 2 rings (SSSR count). The number of carbonyl (C=O) groups excluding carboxylic acids is 1. The lowest BCUT2D eigenvalue weighted by molar-refractivity contribution is -0.274. The monoisotopic (exact) mass is 318 g/mol. The van der Waals surface area contributed by atoms with Gasteiger partial charge in [-0.25, -0.2) is 4.39 Å². The van der Waals surface area contributed by atoms with E-state index in [1.54, 1.807) is 0 Å². The van der Waals surface area contributed by atoms with Crippen LogP contribution < -0.4 is 4.74 Å². The summed E-state index contributed by atoms with van der Waals surface area (Å²) in [7, 11) is 0. The molecule has 0 spiro atoms. The first kappa shape index (κ1) is 15.3. The third-order valence-corrected chi connectivity index (χ3v) is 2.85. The molecule has 0 saturated carbocycles. The minimum atomic E-state index is -4.81. The zero-order valence-electron chi connectivity index (χ0n) is 10.2. The van der Waals surface area contributed by atoms with Crippen LogP contribution in [0.5, 0.6) is 5.75 Å². The van der Waals surface area contributed by atoms with Crippen LogP contribution in [-0.4, -0.2) is 12.1 Å². The van der Waals surface area contributed by atoms with Crippen LogP contribution in [0.1, 0.15) is 15.9 Å². The largest absolute Gasteiger partial charge is 0.573 e. The van der Waals surface area contributed by atoms with Gasteiger partial charge in [0.15, 0.2) is 5.78 Å². The number of carbonyl (C=O) groups is 1. The molecule has 0 aliphatic carbocycles. The summed E-state index contributed by atoms with van der Waals surface area (Å²) in [6, 6.07) is 7.56. The van der Waals surface area contributed by atoms with Crippen LogP contribution in [0.25, 0.3) is 0 Å². The molecule has 7 heteroatoms. The molecule has 0 aromatic heterocycles. The summed E-state index contributed by atoms with van der Waals surface area (Å²) in [5, 5.41) is 0.0528. The summed E-state index contributed by atoms with van der Waals surface area (Å²) in [4.78, 5) is 12.1. The molecule has 0 N–H and O–H groups in total. The highest BCUT2D eigenvalue weighted by Gasteiger charge is 2.31. The highest BCUT2D eigenvalue weighted by Crippen LogP contribution is 2.25. The summed E-state index contributed by atoms with van der Waals surface area (Å²) in [5.41, 5.74) is -0.00168. The molecule has 0 heterocycles. The smallest absolute Gasteiger partial charge is 0.406 e. The quantitative estimate of drug-likeness (QED) is 0.610. The van der Waals surface area contributed by atoms with Gasteiger partial charge in [-0.2, -0.15) is 0 Å². The molecule has 0 unspecified atom stereocenters. The predicted octanol–water partition coefficient (Wildman–Crippen LogP) is 4.61. The van der Waals surface area contributed by atoms with Crippen molar-refractivity contribution in [2.24, 2.45) is 0 Å². The van der Waals surface area contributed by atoms with Crippen LogP contribution in [-0.2, 0) is 0 Å². The second-order valence-electron chi connectivity index (χ2n) is 4.03. The molecule has 2 nitrogen and oxygen atoms in total. The maximum atomic E-state index is 13.1. The van der Waals surface area contributed by atoms with E-state index in [9.17, 15) is 22.4 Å². The van der Waals surface area contributed by atoms with Crippen molar-refractivity contribution in [1.29, 1.82) is 0 Å². The Hall–Kier alpha value is -2.08. The first-order chi connectivity index (χ1) is 9.76. The Morgan fingerprint density at radius 2 is 1.67 bits per heavy atom. The average Bonchev–Trinajstić information content (AvgIpc) is 2.40. The Balaban J connectivity index is 2.26. The van der Waals surface area contributed by atoms with E-state index in [1.165, 1.54) is 6.07 Å². The zero-order valence-corrected chi connectivity index (χ0v) is 11.0. The number of hydrogen-bond acceptors (Lipinski definition) is 2. The minimum absolute atomic E-state index is 0.0528. The van der Waals surface area contributed by atoms with Crippen molar-refractivity contribution in [3.05, 3.63) is 64.4 Å². The summed E-state index contributed by atoms with van der Waals surface area (Å²) in [6.07, 6.45) is -4.81. The second-order valence-corrected chi connectivity index (χ2v) is 4.43. The van der Waals surface area contributed by atoms with Gasteiger partial charge < -0.3 is 4.74 Å². The Kier molecular flexibility index (Phi) is 4.18. The van der Waals surface area contributed by atoms with Crippen molar-refractivity contribution in [3.8, 4) is 5.75 Å². The predicted molar refractivity (Wildman–Crippen MR) is 68.0 cm³/mol. The lowest BCUT2D eigenvalue weighted by Crippen LogP contribution is -2.17. The van der Waals surface area contributed by atoms with Crippen molar-refractivity contribution in [1.82, 2.24) is 0 Å². The van der Waals surface area contributed by atoms with Crippen LogP contribution in [0.2, 0.25) is 5.02 Å². The molecule has 0 radical (unpaired) electrons. The van der Waals surface area contributed by atoms with Crippen LogP contribution in [0.3, 0.4) is 0 Å². The zero-order chi connectivity index (χ0) is 15.6. The first-order valence-electron chi connectivity index (χ1n) is 5.62. The Labute approximate surface area is 121 Å². The van der Waals surface area contributed by atoms with Gasteiger partial charge >= 0.3 is 6.36 Å². The lowest BCUT2D eigenvalue weighted by atomic mass is 10.0. The molecule has 0 fully saturated rings. The van der Waals surface area contributed by atoms with Crippen molar-refractivity contribution in [3.63, 3.8) is 0 Å². The third-order valence-electron chi connectivity index (χ3n) is 2.52. The van der Waals surface area contributed by atoms with Crippen LogP contribution in [0.4, 0.5) is 17.6 Å². The fourth-order valence-electron chi connectivity index (χ4n) is 1.63. The average molecular weight is 319 g/mol. The normalized spacial score (nSPS) is 11.3. The number of hydrogen-bond donors (Lipinski definition) is 0. The van der Waals surface area contributed by atoms with E-state index in [0.717, 1.165) is 36.4 Å². The molecule has 21 heavy (non-hydrogen) atoms. The molecule has 2 aromatic carbocycles. The standard InChI is InChI=1S/C14H7ClF4O2/c15-12-6-3-9(16)7-11(12)13(20)8-1-4-10(5-2-8)21-14(17,18)19/h1-7H. The van der Waals surface area contributed by atoms with Crippen LogP contribution in [0, 0.1) is 5.82 Å². The van der Waals surface area contributed by atoms with Crippen molar-refractivity contribution >= 4 is 17.4 Å². The fourth-order valence-corrected chi connectivity index (χ4v) is 1.84. The number of halogens is 5. The molecule has 0 saturated heterocycles. The molecular weight excluding hydrogens is 312 g/mol. The molecule has 110 valence electrons. The summed E-state index contributed by atoms with van der Waals surface area (Å²) >= 11 is 5.80. The number of rotatable bonds is 3. The van der Waals surface area contributed by atoms with Gasteiger partial charge in [-0.15, -0.1) is 13.2 Å². The van der Waals surface area contributed by atoms with E-state index in [2.05, 4.69) is 4.74 Å². The highest BCUT2D eigenvalue weighted by atomic mass is 35.5. The lowest BCUT2D eigenvalue weighted by Gasteiger charge is -2.09. The van der Waals surface area contributed by atoms with Crippen molar-refractivity contribution in [2.75, 3.05) is 0 Å². The highest BCUT2D eigenvalue weighted by molar-refractivity contribution is 6.35. The molecule has 0 aliphatic rings. The molecule has 0 atom stereocenters. The molecule has 2 aromatic rings. The minimum Gasteiger partial charge on any atom is -0.406 e. The van der Waals surface area contributed by atoms with E-state index in [0.29, 0.717) is 0 Å². The fraction of sp³-hybridized carbons (Fsp3) is 0.0714. The van der Waals surface area contributed by atoms with E-state index in [1.807, 2.05) is 0 Å². The van der Waals surface area contributed by atoms with Gasteiger partial charge in [-0.05, 0) is 42.5 Å². The van der Waals surface area contributed by atoms with Crippen LogP contribution in [0.15, 0.2) is 42.5 Å². The molecule has 0 aliphatic heterocycles.